The van der Waals surface area contributed by atoms with Gasteiger partial charge in [-0.3, -0.25) is 9.78 Å². The average molecular weight is 234 g/mol. The van der Waals surface area contributed by atoms with Crippen LogP contribution in [0, 0.1) is 0 Å². The molecule has 0 aliphatic carbocycles. The van der Waals surface area contributed by atoms with E-state index in [-0.39, 0.29) is 17.1 Å². The minimum atomic E-state index is -1.08. The number of nitrogens with zero attached hydrogens (tertiary/aromatic N) is 1. The summed E-state index contributed by atoms with van der Waals surface area (Å²) in [6.07, 6.45) is 3.29. The SMILES string of the molecule is CC(C(=O)O)=C(C)C(=O)NCc1cccnc1. The first-order valence-electron chi connectivity index (χ1n) is 5.10. The van der Waals surface area contributed by atoms with Gasteiger partial charge in [0.1, 0.15) is 0 Å². The second-order valence-electron chi connectivity index (χ2n) is 3.60. The monoisotopic (exact) mass is 234 g/mol. The number of carbonyl (C=O) groups is 2. The Kier molecular flexibility index (Phi) is 4.39. The number of hydrogen-bond donors (Lipinski definition) is 2. The number of carboxylic acid groups (broad SMARTS) is 1. The highest BCUT2D eigenvalue weighted by Crippen LogP contribution is 2.04. The van der Waals surface area contributed by atoms with Crippen LogP contribution in [-0.4, -0.2) is 22.0 Å². The van der Waals surface area contributed by atoms with Gasteiger partial charge in [0.2, 0.25) is 5.91 Å². The van der Waals surface area contributed by atoms with Crippen LogP contribution in [0.5, 0.6) is 0 Å². The number of aromatic nitrogens is 1. The van der Waals surface area contributed by atoms with Crippen LogP contribution in [0.3, 0.4) is 0 Å². The number of aliphatic carboxylic acids is 1. The molecule has 0 aromatic carbocycles. The summed E-state index contributed by atoms with van der Waals surface area (Å²) in [6.45, 7) is 3.22. The molecule has 0 aliphatic heterocycles. The third-order valence-corrected chi connectivity index (χ3v) is 2.40. The summed E-state index contributed by atoms with van der Waals surface area (Å²) in [5.41, 5.74) is 1.12. The van der Waals surface area contributed by atoms with E-state index < -0.39 is 5.97 Å². The minimum absolute atomic E-state index is 0.0497. The summed E-state index contributed by atoms with van der Waals surface area (Å²) in [5, 5.41) is 11.4. The Morgan fingerprint density at radius 2 is 2.06 bits per heavy atom. The fourth-order valence-corrected chi connectivity index (χ4v) is 1.15. The van der Waals surface area contributed by atoms with Crippen LogP contribution in [0.1, 0.15) is 19.4 Å². The lowest BCUT2D eigenvalue weighted by molar-refractivity contribution is -0.133. The maximum atomic E-state index is 11.6. The molecule has 0 radical (unpaired) electrons. The molecule has 1 rings (SSSR count). The molecule has 1 amide bonds. The van der Waals surface area contributed by atoms with Crippen LogP contribution in [-0.2, 0) is 16.1 Å². The van der Waals surface area contributed by atoms with Crippen molar-refractivity contribution in [3.05, 3.63) is 41.2 Å². The van der Waals surface area contributed by atoms with E-state index in [1.165, 1.54) is 13.8 Å². The van der Waals surface area contributed by atoms with Crippen LogP contribution in [0.4, 0.5) is 0 Å². The molecule has 2 N–H and O–H groups in total. The quantitative estimate of drug-likeness (QED) is 0.765. The summed E-state index contributed by atoms with van der Waals surface area (Å²) in [5.74, 6) is -1.47. The average Bonchev–Trinajstić information content (AvgIpc) is 2.35. The molecule has 0 atom stereocenters. The number of carbonyl (C=O) groups excluding carboxylic acids is 1. The summed E-state index contributed by atoms with van der Waals surface area (Å²) in [4.78, 5) is 26.2. The fraction of sp³-hybridized carbons (Fsp3) is 0.250. The second-order valence-corrected chi connectivity index (χ2v) is 3.60. The first-order valence-corrected chi connectivity index (χ1v) is 5.10. The molecule has 1 heterocycles. The van der Waals surface area contributed by atoms with Crippen LogP contribution < -0.4 is 5.32 Å². The van der Waals surface area contributed by atoms with E-state index in [2.05, 4.69) is 10.3 Å². The van der Waals surface area contributed by atoms with Crippen molar-refractivity contribution >= 4 is 11.9 Å². The van der Waals surface area contributed by atoms with Gasteiger partial charge in [0.05, 0.1) is 0 Å². The Hall–Kier alpha value is -2.17. The van der Waals surface area contributed by atoms with E-state index >= 15 is 0 Å². The highest BCUT2D eigenvalue weighted by Gasteiger charge is 2.11. The third-order valence-electron chi connectivity index (χ3n) is 2.40. The molecule has 0 saturated carbocycles. The zero-order valence-electron chi connectivity index (χ0n) is 9.73. The Morgan fingerprint density at radius 1 is 1.35 bits per heavy atom. The Balaban J connectivity index is 2.62. The number of amides is 1. The molecule has 0 unspecified atom stereocenters. The van der Waals surface area contributed by atoms with Gasteiger partial charge in [0.15, 0.2) is 0 Å². The topological polar surface area (TPSA) is 79.3 Å². The molecule has 0 fully saturated rings. The van der Waals surface area contributed by atoms with Gasteiger partial charge in [-0.2, -0.15) is 0 Å². The van der Waals surface area contributed by atoms with Gasteiger partial charge in [-0.1, -0.05) is 6.07 Å². The number of rotatable bonds is 4. The number of pyridine rings is 1. The van der Waals surface area contributed by atoms with E-state index in [0.717, 1.165) is 5.56 Å². The van der Waals surface area contributed by atoms with Crippen LogP contribution >= 0.6 is 0 Å². The normalized spacial score (nSPS) is 11.6. The predicted octanol–water partition coefficient (Wildman–Crippen LogP) is 1.12. The van der Waals surface area contributed by atoms with Gasteiger partial charge in [-0.25, -0.2) is 4.79 Å². The lowest BCUT2D eigenvalue weighted by Crippen LogP contribution is -2.25. The molecule has 5 heteroatoms. The molecule has 1 aromatic rings. The Labute approximate surface area is 99.2 Å². The van der Waals surface area contributed by atoms with Gasteiger partial charge in [0.25, 0.3) is 0 Å². The molecule has 90 valence electrons. The summed E-state index contributed by atoms with van der Waals surface area (Å²) in [6, 6.07) is 3.60. The molecule has 0 spiro atoms. The summed E-state index contributed by atoms with van der Waals surface area (Å²) >= 11 is 0. The van der Waals surface area contributed by atoms with Crippen LogP contribution in [0.25, 0.3) is 0 Å². The molecular formula is C12H14N2O3. The van der Waals surface area contributed by atoms with E-state index in [9.17, 15) is 9.59 Å². The molecule has 0 bridgehead atoms. The van der Waals surface area contributed by atoms with Crippen LogP contribution in [0.2, 0.25) is 0 Å². The lowest BCUT2D eigenvalue weighted by Gasteiger charge is -2.06. The largest absolute Gasteiger partial charge is 0.478 e. The van der Waals surface area contributed by atoms with Crippen molar-refractivity contribution in [2.45, 2.75) is 20.4 Å². The molecule has 0 aliphatic rings. The van der Waals surface area contributed by atoms with Crippen molar-refractivity contribution < 1.29 is 14.7 Å². The molecule has 1 aromatic heterocycles. The number of hydrogen-bond acceptors (Lipinski definition) is 3. The van der Waals surface area contributed by atoms with Crippen molar-refractivity contribution in [1.82, 2.24) is 10.3 Å². The van der Waals surface area contributed by atoms with Crippen molar-refractivity contribution in [3.8, 4) is 0 Å². The Bertz CT molecular complexity index is 452. The van der Waals surface area contributed by atoms with Gasteiger partial charge in [-0.15, -0.1) is 0 Å². The minimum Gasteiger partial charge on any atom is -0.478 e. The fourth-order valence-electron chi connectivity index (χ4n) is 1.15. The smallest absolute Gasteiger partial charge is 0.331 e. The van der Waals surface area contributed by atoms with E-state index in [1.54, 1.807) is 18.5 Å². The lowest BCUT2D eigenvalue weighted by atomic mass is 10.1. The van der Waals surface area contributed by atoms with Gasteiger partial charge in [0, 0.05) is 30.1 Å². The van der Waals surface area contributed by atoms with E-state index in [0.29, 0.717) is 6.54 Å². The van der Waals surface area contributed by atoms with Gasteiger partial charge >= 0.3 is 5.97 Å². The standard InChI is InChI=1S/C12H14N2O3/c1-8(9(2)12(16)17)11(15)14-7-10-4-3-5-13-6-10/h3-6H,7H2,1-2H3,(H,14,15)(H,16,17). The van der Waals surface area contributed by atoms with E-state index in [1.807, 2.05) is 6.07 Å². The summed E-state index contributed by atoms with van der Waals surface area (Å²) in [7, 11) is 0. The van der Waals surface area contributed by atoms with Crippen LogP contribution in [0.15, 0.2) is 35.7 Å². The molecule has 17 heavy (non-hydrogen) atoms. The zero-order chi connectivity index (χ0) is 12.8. The maximum absolute atomic E-state index is 11.6. The summed E-state index contributed by atoms with van der Waals surface area (Å²) < 4.78 is 0. The van der Waals surface area contributed by atoms with Crippen molar-refractivity contribution in [3.63, 3.8) is 0 Å². The molecule has 5 nitrogen and oxygen atoms in total. The van der Waals surface area contributed by atoms with Crippen molar-refractivity contribution in [2.75, 3.05) is 0 Å². The Morgan fingerprint density at radius 3 is 2.59 bits per heavy atom. The first-order chi connectivity index (χ1) is 8.02. The highest BCUT2D eigenvalue weighted by molar-refractivity contribution is 6.01. The molecule has 0 saturated heterocycles. The van der Waals surface area contributed by atoms with Gasteiger partial charge < -0.3 is 10.4 Å². The van der Waals surface area contributed by atoms with Gasteiger partial charge in [-0.05, 0) is 25.5 Å². The van der Waals surface area contributed by atoms with E-state index in [4.69, 9.17) is 5.11 Å². The first kappa shape index (κ1) is 12.9. The predicted molar refractivity (Wildman–Crippen MR) is 62.1 cm³/mol. The highest BCUT2D eigenvalue weighted by atomic mass is 16.4. The number of carboxylic acids is 1. The second kappa shape index (κ2) is 5.79. The third kappa shape index (κ3) is 3.71. The van der Waals surface area contributed by atoms with Crippen molar-refractivity contribution in [2.24, 2.45) is 0 Å². The maximum Gasteiger partial charge on any atom is 0.331 e. The van der Waals surface area contributed by atoms with Crippen molar-refractivity contribution in [1.29, 1.82) is 0 Å². The zero-order valence-corrected chi connectivity index (χ0v) is 9.73. The molecular weight excluding hydrogens is 220 g/mol. The number of nitrogens with one attached hydrogen (secondary N) is 1.